The molecular weight excluding hydrogens is 344 g/mol. The summed E-state index contributed by atoms with van der Waals surface area (Å²) in [5.74, 6) is -0.797. The van der Waals surface area contributed by atoms with Gasteiger partial charge in [-0.05, 0) is 44.4 Å². The van der Waals surface area contributed by atoms with Crippen LogP contribution in [0.15, 0.2) is 30.3 Å². The topological polar surface area (TPSA) is 84.9 Å². The summed E-state index contributed by atoms with van der Waals surface area (Å²) in [5, 5.41) is 15.6. The molecule has 1 atom stereocenters. The lowest BCUT2D eigenvalue weighted by atomic mass is 9.85. The zero-order valence-corrected chi connectivity index (χ0v) is 15.9. The third-order valence-corrected chi connectivity index (χ3v) is 5.55. The number of aliphatic carboxylic acids is 1. The lowest BCUT2D eigenvalue weighted by Gasteiger charge is -2.43. The maximum absolute atomic E-state index is 12.6. The van der Waals surface area contributed by atoms with Crippen LogP contribution in [0.3, 0.4) is 0 Å². The Balaban J connectivity index is 1.43. The molecule has 3 N–H and O–H groups in total. The molecule has 0 aromatic heterocycles. The summed E-state index contributed by atoms with van der Waals surface area (Å²) >= 11 is 0. The minimum atomic E-state index is -0.797. The number of carbonyl (C=O) groups is 2. The van der Waals surface area contributed by atoms with Crippen LogP contribution in [-0.4, -0.2) is 71.2 Å². The quantitative estimate of drug-likeness (QED) is 0.681. The zero-order chi connectivity index (χ0) is 19.2. The van der Waals surface area contributed by atoms with E-state index in [1.165, 1.54) is 0 Å². The van der Waals surface area contributed by atoms with Crippen LogP contribution in [0.1, 0.15) is 32.6 Å². The van der Waals surface area contributed by atoms with Gasteiger partial charge in [-0.2, -0.15) is 0 Å². The van der Waals surface area contributed by atoms with Crippen LogP contribution >= 0.6 is 0 Å². The van der Waals surface area contributed by atoms with Crippen molar-refractivity contribution in [3.63, 3.8) is 0 Å². The third-order valence-electron chi connectivity index (χ3n) is 5.55. The zero-order valence-electron chi connectivity index (χ0n) is 15.9. The number of piperidine rings is 1. The summed E-state index contributed by atoms with van der Waals surface area (Å²) < 4.78 is 0. The van der Waals surface area contributed by atoms with E-state index in [1.807, 2.05) is 47.1 Å². The Hall–Kier alpha value is -2.28. The number of nitrogens with zero attached hydrogens (tertiary/aromatic N) is 2. The molecule has 1 saturated carbocycles. The minimum absolute atomic E-state index is 0.000653. The highest BCUT2D eigenvalue weighted by atomic mass is 16.4. The van der Waals surface area contributed by atoms with Gasteiger partial charge in [-0.25, -0.2) is 4.79 Å². The second kappa shape index (κ2) is 9.08. The van der Waals surface area contributed by atoms with E-state index in [9.17, 15) is 9.59 Å². The van der Waals surface area contributed by atoms with E-state index in [4.69, 9.17) is 5.11 Å². The number of para-hydroxylation sites is 1. The van der Waals surface area contributed by atoms with Gasteiger partial charge in [0.25, 0.3) is 0 Å². The molecule has 0 spiro atoms. The summed E-state index contributed by atoms with van der Waals surface area (Å²) in [7, 11) is 0. The SMILES string of the molecule is CCN(CC(=O)O)C1CC(NC(=O)N2CCCC(Nc3ccccc3)C2)C1. The molecule has 3 rings (SSSR count). The molecule has 1 aromatic carbocycles. The average molecular weight is 374 g/mol. The van der Waals surface area contributed by atoms with Gasteiger partial charge in [0.2, 0.25) is 0 Å². The molecular formula is C20H30N4O3. The van der Waals surface area contributed by atoms with Crippen LogP contribution in [0.2, 0.25) is 0 Å². The number of carboxylic acid groups (broad SMARTS) is 1. The molecule has 1 aliphatic carbocycles. The number of rotatable bonds is 7. The number of hydrogen-bond acceptors (Lipinski definition) is 4. The lowest BCUT2D eigenvalue weighted by molar-refractivity contribution is -0.139. The number of likely N-dealkylation sites (tertiary alicyclic amines) is 1. The van der Waals surface area contributed by atoms with Crippen molar-refractivity contribution in [2.24, 2.45) is 0 Å². The Morgan fingerprint density at radius 2 is 1.96 bits per heavy atom. The lowest BCUT2D eigenvalue weighted by Crippen LogP contribution is -2.58. The second-order valence-corrected chi connectivity index (χ2v) is 7.52. The Morgan fingerprint density at radius 1 is 1.22 bits per heavy atom. The Labute approximate surface area is 160 Å². The molecule has 27 heavy (non-hydrogen) atoms. The third kappa shape index (κ3) is 5.35. The molecule has 2 amide bonds. The van der Waals surface area contributed by atoms with E-state index in [0.29, 0.717) is 6.54 Å². The normalized spacial score (nSPS) is 25.0. The van der Waals surface area contributed by atoms with Gasteiger partial charge in [-0.3, -0.25) is 9.69 Å². The summed E-state index contributed by atoms with van der Waals surface area (Å²) in [4.78, 5) is 27.4. The predicted molar refractivity (Wildman–Crippen MR) is 105 cm³/mol. The van der Waals surface area contributed by atoms with Crippen molar-refractivity contribution in [1.82, 2.24) is 15.1 Å². The molecule has 148 valence electrons. The van der Waals surface area contributed by atoms with Crippen molar-refractivity contribution in [2.45, 2.75) is 50.7 Å². The first-order valence-corrected chi connectivity index (χ1v) is 9.88. The number of carboxylic acids is 1. The van der Waals surface area contributed by atoms with Crippen molar-refractivity contribution < 1.29 is 14.7 Å². The van der Waals surface area contributed by atoms with Gasteiger partial charge in [0.15, 0.2) is 0 Å². The summed E-state index contributed by atoms with van der Waals surface area (Å²) in [6.45, 7) is 4.26. The van der Waals surface area contributed by atoms with Gasteiger partial charge >= 0.3 is 12.0 Å². The van der Waals surface area contributed by atoms with Crippen molar-refractivity contribution in [1.29, 1.82) is 0 Å². The van der Waals surface area contributed by atoms with Gasteiger partial charge in [-0.1, -0.05) is 25.1 Å². The molecule has 1 saturated heterocycles. The molecule has 7 nitrogen and oxygen atoms in total. The van der Waals surface area contributed by atoms with E-state index in [-0.39, 0.29) is 30.7 Å². The van der Waals surface area contributed by atoms with E-state index in [0.717, 1.165) is 44.5 Å². The molecule has 1 heterocycles. The van der Waals surface area contributed by atoms with Crippen molar-refractivity contribution in [3.05, 3.63) is 30.3 Å². The van der Waals surface area contributed by atoms with E-state index in [2.05, 4.69) is 10.6 Å². The maximum atomic E-state index is 12.6. The van der Waals surface area contributed by atoms with Gasteiger partial charge in [0, 0.05) is 36.9 Å². The smallest absolute Gasteiger partial charge is 0.317 e. The van der Waals surface area contributed by atoms with Crippen LogP contribution in [0.5, 0.6) is 0 Å². The highest BCUT2D eigenvalue weighted by molar-refractivity contribution is 5.75. The van der Waals surface area contributed by atoms with Crippen LogP contribution in [-0.2, 0) is 4.79 Å². The molecule has 0 bridgehead atoms. The summed E-state index contributed by atoms with van der Waals surface area (Å²) in [6, 6.07) is 10.8. The number of nitrogens with one attached hydrogen (secondary N) is 2. The molecule has 1 unspecified atom stereocenters. The minimum Gasteiger partial charge on any atom is -0.480 e. The van der Waals surface area contributed by atoms with E-state index >= 15 is 0 Å². The Morgan fingerprint density at radius 3 is 2.63 bits per heavy atom. The van der Waals surface area contributed by atoms with Crippen molar-refractivity contribution in [3.8, 4) is 0 Å². The first-order chi connectivity index (χ1) is 13.0. The number of amides is 2. The second-order valence-electron chi connectivity index (χ2n) is 7.52. The number of carbonyl (C=O) groups excluding carboxylic acids is 1. The van der Waals surface area contributed by atoms with E-state index < -0.39 is 5.97 Å². The monoisotopic (exact) mass is 374 g/mol. The van der Waals surface area contributed by atoms with Gasteiger partial charge in [0.05, 0.1) is 6.54 Å². The largest absolute Gasteiger partial charge is 0.480 e. The first kappa shape index (κ1) is 19.5. The Kier molecular flexibility index (Phi) is 6.55. The van der Waals surface area contributed by atoms with Crippen LogP contribution < -0.4 is 10.6 Å². The summed E-state index contributed by atoms with van der Waals surface area (Å²) in [6.07, 6.45) is 3.71. The molecule has 2 fully saturated rings. The van der Waals surface area contributed by atoms with Gasteiger partial charge in [0.1, 0.15) is 0 Å². The average Bonchev–Trinajstić information content (AvgIpc) is 2.63. The van der Waals surface area contributed by atoms with Gasteiger partial charge in [-0.15, -0.1) is 0 Å². The highest BCUT2D eigenvalue weighted by Gasteiger charge is 2.36. The number of anilines is 1. The number of likely N-dealkylation sites (N-methyl/N-ethyl adjacent to an activating group) is 1. The standard InChI is InChI=1S/C20H30N4O3/c1-2-23(14-19(25)26)18-11-17(12-18)22-20(27)24-10-6-9-16(13-24)21-15-7-4-3-5-8-15/h3-5,7-8,16-18,21H,2,6,9-14H2,1H3,(H,22,27)(H,25,26). The maximum Gasteiger partial charge on any atom is 0.317 e. The number of hydrogen-bond donors (Lipinski definition) is 3. The van der Waals surface area contributed by atoms with Crippen LogP contribution in [0.25, 0.3) is 0 Å². The van der Waals surface area contributed by atoms with Crippen LogP contribution in [0, 0.1) is 0 Å². The van der Waals surface area contributed by atoms with Crippen LogP contribution in [0.4, 0.5) is 10.5 Å². The van der Waals surface area contributed by atoms with E-state index in [1.54, 1.807) is 0 Å². The predicted octanol–water partition coefficient (Wildman–Crippen LogP) is 2.21. The fourth-order valence-corrected chi connectivity index (χ4v) is 3.99. The molecule has 2 aliphatic rings. The highest BCUT2D eigenvalue weighted by Crippen LogP contribution is 2.26. The fraction of sp³-hybridized carbons (Fsp3) is 0.600. The Bertz CT molecular complexity index is 633. The summed E-state index contributed by atoms with van der Waals surface area (Å²) in [5.41, 5.74) is 1.09. The molecule has 1 aliphatic heterocycles. The van der Waals surface area contributed by atoms with Crippen molar-refractivity contribution >= 4 is 17.7 Å². The first-order valence-electron chi connectivity index (χ1n) is 9.88. The number of benzene rings is 1. The fourth-order valence-electron chi connectivity index (χ4n) is 3.99. The number of urea groups is 1. The van der Waals surface area contributed by atoms with Gasteiger partial charge < -0.3 is 20.6 Å². The molecule has 7 heteroatoms. The molecule has 0 radical (unpaired) electrons. The molecule has 1 aromatic rings. The van der Waals surface area contributed by atoms with Crippen molar-refractivity contribution in [2.75, 3.05) is 31.5 Å².